The number of hydrogen-bond acceptors (Lipinski definition) is 2. The molecule has 3 rings (SSSR count). The van der Waals surface area contributed by atoms with E-state index in [4.69, 9.17) is 0 Å². The number of hydrogen-bond donors (Lipinski definition) is 1. The van der Waals surface area contributed by atoms with E-state index in [1.165, 1.54) is 45.1 Å². The Kier molecular flexibility index (Phi) is 2.29. The normalized spacial score (nSPS) is 43.1. The first-order valence-corrected chi connectivity index (χ1v) is 6.28. The molecule has 2 heterocycles. The van der Waals surface area contributed by atoms with Crippen molar-refractivity contribution in [2.45, 2.75) is 56.7 Å². The third-order valence-electron chi connectivity index (χ3n) is 4.47. The van der Waals surface area contributed by atoms with Gasteiger partial charge in [0.05, 0.1) is 0 Å². The maximum atomic E-state index is 3.69. The van der Waals surface area contributed by atoms with Crippen molar-refractivity contribution in [1.29, 1.82) is 0 Å². The first-order chi connectivity index (χ1) is 6.83. The highest BCUT2D eigenvalue weighted by Crippen LogP contribution is 2.37. The molecule has 14 heavy (non-hydrogen) atoms. The minimum atomic E-state index is 0.896. The Morgan fingerprint density at radius 3 is 2.29 bits per heavy atom. The van der Waals surface area contributed by atoms with Crippen molar-refractivity contribution < 1.29 is 0 Å². The lowest BCUT2D eigenvalue weighted by molar-refractivity contribution is 0.133. The van der Waals surface area contributed by atoms with E-state index in [9.17, 15) is 0 Å². The van der Waals surface area contributed by atoms with E-state index >= 15 is 0 Å². The number of nitrogens with one attached hydrogen (secondary N) is 1. The lowest BCUT2D eigenvalue weighted by Crippen LogP contribution is -2.42. The quantitative estimate of drug-likeness (QED) is 0.734. The Labute approximate surface area is 87.0 Å². The van der Waals surface area contributed by atoms with Crippen molar-refractivity contribution in [1.82, 2.24) is 10.2 Å². The average molecular weight is 194 g/mol. The van der Waals surface area contributed by atoms with Crippen LogP contribution in [0.3, 0.4) is 0 Å². The molecule has 0 aromatic rings. The molecular weight excluding hydrogens is 172 g/mol. The van der Waals surface area contributed by atoms with Crippen LogP contribution in [-0.2, 0) is 0 Å². The molecule has 1 aliphatic carbocycles. The van der Waals surface area contributed by atoms with Gasteiger partial charge in [-0.15, -0.1) is 0 Å². The topological polar surface area (TPSA) is 15.3 Å². The lowest BCUT2D eigenvalue weighted by atomic mass is 9.91. The van der Waals surface area contributed by atoms with Crippen LogP contribution in [0.1, 0.15) is 38.5 Å². The molecule has 80 valence electrons. The minimum Gasteiger partial charge on any atom is -0.314 e. The van der Waals surface area contributed by atoms with Crippen molar-refractivity contribution in [3.8, 4) is 0 Å². The van der Waals surface area contributed by atoms with Crippen LogP contribution in [-0.4, -0.2) is 36.6 Å². The standard InChI is InChI=1S/C12H22N2/c1-14-11-4-5-12(14)7-9(6-11)8-13-10-2-3-10/h9-13H,2-8H2,1H3. The van der Waals surface area contributed by atoms with Gasteiger partial charge >= 0.3 is 0 Å². The predicted molar refractivity (Wildman–Crippen MR) is 58.3 cm³/mol. The van der Waals surface area contributed by atoms with Crippen molar-refractivity contribution in [2.24, 2.45) is 5.92 Å². The van der Waals surface area contributed by atoms with Crippen LogP contribution in [0, 0.1) is 5.92 Å². The molecule has 2 heteroatoms. The third kappa shape index (κ3) is 1.70. The van der Waals surface area contributed by atoms with Gasteiger partial charge < -0.3 is 10.2 Å². The zero-order valence-electron chi connectivity index (χ0n) is 9.21. The smallest absolute Gasteiger partial charge is 0.00988 e. The second-order valence-corrected chi connectivity index (χ2v) is 5.57. The molecular formula is C12H22N2. The molecule has 3 fully saturated rings. The summed E-state index contributed by atoms with van der Waals surface area (Å²) in [5, 5.41) is 3.69. The molecule has 0 aromatic carbocycles. The van der Waals surface area contributed by atoms with Gasteiger partial charge in [0.2, 0.25) is 0 Å². The Morgan fingerprint density at radius 1 is 1.07 bits per heavy atom. The summed E-state index contributed by atoms with van der Waals surface area (Å²) in [4.78, 5) is 2.63. The first kappa shape index (κ1) is 9.17. The maximum Gasteiger partial charge on any atom is 0.00988 e. The van der Waals surface area contributed by atoms with Gasteiger partial charge in [0, 0.05) is 18.1 Å². The van der Waals surface area contributed by atoms with Crippen LogP contribution in [0.5, 0.6) is 0 Å². The van der Waals surface area contributed by atoms with E-state index in [1.807, 2.05) is 0 Å². The second kappa shape index (κ2) is 3.49. The summed E-state index contributed by atoms with van der Waals surface area (Å²) in [5.41, 5.74) is 0. The molecule has 0 aromatic heterocycles. The summed E-state index contributed by atoms with van der Waals surface area (Å²) < 4.78 is 0. The van der Waals surface area contributed by atoms with Crippen LogP contribution in [0.25, 0.3) is 0 Å². The van der Waals surface area contributed by atoms with Crippen LogP contribution >= 0.6 is 0 Å². The Hall–Kier alpha value is -0.0800. The SMILES string of the molecule is CN1C2CCC1CC(CNC1CC1)C2. The predicted octanol–water partition coefficient (Wildman–Crippen LogP) is 1.61. The minimum absolute atomic E-state index is 0.896. The molecule has 0 radical (unpaired) electrons. The van der Waals surface area contributed by atoms with E-state index in [1.54, 1.807) is 0 Å². The molecule has 1 N–H and O–H groups in total. The third-order valence-corrected chi connectivity index (χ3v) is 4.47. The summed E-state index contributed by atoms with van der Waals surface area (Å²) in [6.07, 6.45) is 8.68. The molecule has 2 saturated heterocycles. The molecule has 2 nitrogen and oxygen atoms in total. The zero-order chi connectivity index (χ0) is 9.54. The molecule has 2 atom stereocenters. The summed E-state index contributed by atoms with van der Waals surface area (Å²) in [5.74, 6) is 0.976. The van der Waals surface area contributed by atoms with Crippen molar-refractivity contribution in [2.75, 3.05) is 13.6 Å². The van der Waals surface area contributed by atoms with Gasteiger partial charge in [0.1, 0.15) is 0 Å². The number of rotatable bonds is 3. The van der Waals surface area contributed by atoms with Gasteiger partial charge in [0.25, 0.3) is 0 Å². The summed E-state index contributed by atoms with van der Waals surface area (Å²) >= 11 is 0. The summed E-state index contributed by atoms with van der Waals surface area (Å²) in [7, 11) is 2.33. The number of nitrogens with zero attached hydrogens (tertiary/aromatic N) is 1. The molecule has 2 bridgehead atoms. The fraction of sp³-hybridized carbons (Fsp3) is 1.00. The van der Waals surface area contributed by atoms with Crippen molar-refractivity contribution in [3.05, 3.63) is 0 Å². The van der Waals surface area contributed by atoms with Crippen molar-refractivity contribution >= 4 is 0 Å². The molecule has 2 aliphatic heterocycles. The van der Waals surface area contributed by atoms with Gasteiger partial charge in [-0.2, -0.15) is 0 Å². The molecule has 2 unspecified atom stereocenters. The van der Waals surface area contributed by atoms with Crippen LogP contribution in [0.2, 0.25) is 0 Å². The Morgan fingerprint density at radius 2 is 1.71 bits per heavy atom. The average Bonchev–Trinajstić information content (AvgIpc) is 2.97. The highest BCUT2D eigenvalue weighted by Gasteiger charge is 2.38. The lowest BCUT2D eigenvalue weighted by Gasteiger charge is -2.36. The molecule has 3 aliphatic rings. The number of fused-ring (bicyclic) bond motifs is 2. The van der Waals surface area contributed by atoms with Crippen LogP contribution in [0.15, 0.2) is 0 Å². The molecule has 1 saturated carbocycles. The van der Waals surface area contributed by atoms with Gasteiger partial charge in [0.15, 0.2) is 0 Å². The van der Waals surface area contributed by atoms with Gasteiger partial charge in [-0.25, -0.2) is 0 Å². The highest BCUT2D eigenvalue weighted by molar-refractivity contribution is 4.94. The van der Waals surface area contributed by atoms with Crippen molar-refractivity contribution in [3.63, 3.8) is 0 Å². The molecule has 0 amide bonds. The van der Waals surface area contributed by atoms with Crippen LogP contribution in [0.4, 0.5) is 0 Å². The fourth-order valence-electron chi connectivity index (χ4n) is 3.31. The van der Waals surface area contributed by atoms with E-state index < -0.39 is 0 Å². The fourth-order valence-corrected chi connectivity index (χ4v) is 3.31. The zero-order valence-corrected chi connectivity index (χ0v) is 9.21. The summed E-state index contributed by atoms with van der Waals surface area (Å²) in [6.45, 7) is 1.30. The van der Waals surface area contributed by atoms with Gasteiger partial charge in [-0.3, -0.25) is 0 Å². The van der Waals surface area contributed by atoms with E-state index in [2.05, 4.69) is 17.3 Å². The second-order valence-electron chi connectivity index (χ2n) is 5.57. The van der Waals surface area contributed by atoms with Crippen LogP contribution < -0.4 is 5.32 Å². The number of piperidine rings is 1. The highest BCUT2D eigenvalue weighted by atomic mass is 15.2. The Bertz CT molecular complexity index is 198. The Balaban J connectivity index is 1.51. The van der Waals surface area contributed by atoms with Gasteiger partial charge in [-0.05, 0) is 58.0 Å². The van der Waals surface area contributed by atoms with Gasteiger partial charge in [-0.1, -0.05) is 0 Å². The van der Waals surface area contributed by atoms with E-state index in [0.29, 0.717) is 0 Å². The molecule has 0 spiro atoms. The first-order valence-electron chi connectivity index (χ1n) is 6.28. The largest absolute Gasteiger partial charge is 0.314 e. The van der Waals surface area contributed by atoms with E-state index in [0.717, 1.165) is 24.0 Å². The van der Waals surface area contributed by atoms with E-state index in [-0.39, 0.29) is 0 Å². The maximum absolute atomic E-state index is 3.69. The summed E-state index contributed by atoms with van der Waals surface area (Å²) in [6, 6.07) is 2.73. The monoisotopic (exact) mass is 194 g/mol.